The number of methoxy groups -OCH3 is 1. The van der Waals surface area contributed by atoms with Gasteiger partial charge in [0.05, 0.1) is 7.11 Å². The standard InChI is InChI=1S/C10H21NO2/c1-6-8(4)11-9(7(2)3)10(12)13-5/h7-9,11H,6H2,1-5H3/t8?,9-/m0/s1. The molecule has 78 valence electrons. The van der Waals surface area contributed by atoms with Crippen molar-refractivity contribution in [3.8, 4) is 0 Å². The van der Waals surface area contributed by atoms with Gasteiger partial charge in [-0.1, -0.05) is 20.8 Å². The van der Waals surface area contributed by atoms with Crippen LogP contribution in [0.5, 0.6) is 0 Å². The highest BCUT2D eigenvalue weighted by Gasteiger charge is 2.23. The van der Waals surface area contributed by atoms with E-state index in [4.69, 9.17) is 4.74 Å². The van der Waals surface area contributed by atoms with Crippen LogP contribution in [-0.2, 0) is 9.53 Å². The fourth-order valence-electron chi connectivity index (χ4n) is 1.08. The van der Waals surface area contributed by atoms with Gasteiger partial charge in [0.2, 0.25) is 0 Å². The summed E-state index contributed by atoms with van der Waals surface area (Å²) in [4.78, 5) is 11.3. The van der Waals surface area contributed by atoms with Gasteiger partial charge in [-0.05, 0) is 19.3 Å². The molecule has 0 saturated heterocycles. The van der Waals surface area contributed by atoms with E-state index < -0.39 is 0 Å². The Hall–Kier alpha value is -0.570. The molecular weight excluding hydrogens is 166 g/mol. The molecular formula is C10H21NO2. The van der Waals surface area contributed by atoms with E-state index in [1.807, 2.05) is 13.8 Å². The molecule has 0 radical (unpaired) electrons. The summed E-state index contributed by atoms with van der Waals surface area (Å²) in [7, 11) is 1.43. The number of hydrogen-bond donors (Lipinski definition) is 1. The molecule has 0 rings (SSSR count). The van der Waals surface area contributed by atoms with Crippen molar-refractivity contribution in [2.24, 2.45) is 5.92 Å². The largest absolute Gasteiger partial charge is 0.468 e. The van der Waals surface area contributed by atoms with Crippen LogP contribution in [0.4, 0.5) is 0 Å². The van der Waals surface area contributed by atoms with E-state index in [1.54, 1.807) is 0 Å². The lowest BCUT2D eigenvalue weighted by Crippen LogP contribution is -2.45. The van der Waals surface area contributed by atoms with Crippen molar-refractivity contribution in [2.45, 2.75) is 46.2 Å². The molecule has 0 aliphatic carbocycles. The van der Waals surface area contributed by atoms with E-state index in [2.05, 4.69) is 19.2 Å². The smallest absolute Gasteiger partial charge is 0.323 e. The Morgan fingerprint density at radius 2 is 1.92 bits per heavy atom. The van der Waals surface area contributed by atoms with E-state index in [9.17, 15) is 4.79 Å². The van der Waals surface area contributed by atoms with Crippen LogP contribution in [-0.4, -0.2) is 25.2 Å². The molecule has 0 aromatic heterocycles. The van der Waals surface area contributed by atoms with Crippen molar-refractivity contribution in [1.82, 2.24) is 5.32 Å². The molecule has 0 aromatic rings. The molecule has 0 heterocycles. The second kappa shape index (κ2) is 5.97. The minimum atomic E-state index is -0.181. The van der Waals surface area contributed by atoms with Crippen molar-refractivity contribution in [3.63, 3.8) is 0 Å². The third kappa shape index (κ3) is 4.27. The SMILES string of the molecule is CCC(C)N[C@H](C(=O)OC)C(C)C. The monoisotopic (exact) mass is 187 g/mol. The average molecular weight is 187 g/mol. The van der Waals surface area contributed by atoms with Gasteiger partial charge in [0.15, 0.2) is 0 Å². The topological polar surface area (TPSA) is 38.3 Å². The van der Waals surface area contributed by atoms with Crippen LogP contribution in [0.25, 0.3) is 0 Å². The molecule has 0 saturated carbocycles. The lowest BCUT2D eigenvalue weighted by molar-refractivity contribution is -0.144. The molecule has 0 aliphatic heterocycles. The van der Waals surface area contributed by atoms with E-state index >= 15 is 0 Å². The van der Waals surface area contributed by atoms with Gasteiger partial charge in [0.25, 0.3) is 0 Å². The minimum Gasteiger partial charge on any atom is -0.468 e. The van der Waals surface area contributed by atoms with E-state index in [0.29, 0.717) is 6.04 Å². The quantitative estimate of drug-likeness (QED) is 0.664. The Kier molecular flexibility index (Phi) is 5.71. The molecule has 0 fully saturated rings. The average Bonchev–Trinajstić information content (AvgIpc) is 2.11. The van der Waals surface area contributed by atoms with Crippen LogP contribution in [0.15, 0.2) is 0 Å². The van der Waals surface area contributed by atoms with Crippen molar-refractivity contribution >= 4 is 5.97 Å². The zero-order valence-corrected chi connectivity index (χ0v) is 9.26. The number of ether oxygens (including phenoxy) is 1. The molecule has 0 bridgehead atoms. The van der Waals surface area contributed by atoms with Crippen LogP contribution in [0.1, 0.15) is 34.1 Å². The Labute approximate surface area is 80.8 Å². The number of carbonyl (C=O) groups is 1. The summed E-state index contributed by atoms with van der Waals surface area (Å²) in [6.45, 7) is 8.18. The first kappa shape index (κ1) is 12.4. The predicted octanol–water partition coefficient (Wildman–Crippen LogP) is 1.57. The highest BCUT2D eigenvalue weighted by Crippen LogP contribution is 2.05. The summed E-state index contributed by atoms with van der Waals surface area (Å²) < 4.78 is 4.72. The van der Waals surface area contributed by atoms with E-state index in [1.165, 1.54) is 7.11 Å². The van der Waals surface area contributed by atoms with E-state index in [0.717, 1.165) is 6.42 Å². The molecule has 1 N–H and O–H groups in total. The van der Waals surface area contributed by atoms with Gasteiger partial charge in [-0.2, -0.15) is 0 Å². The maximum Gasteiger partial charge on any atom is 0.323 e. The number of esters is 1. The fraction of sp³-hybridized carbons (Fsp3) is 0.900. The zero-order chi connectivity index (χ0) is 10.4. The molecule has 0 aliphatic rings. The lowest BCUT2D eigenvalue weighted by Gasteiger charge is -2.23. The molecule has 3 nitrogen and oxygen atoms in total. The summed E-state index contributed by atoms with van der Waals surface area (Å²) in [5.74, 6) is 0.0942. The maximum absolute atomic E-state index is 11.3. The number of nitrogens with one attached hydrogen (secondary N) is 1. The molecule has 0 aromatic carbocycles. The number of carbonyl (C=O) groups excluding carboxylic acids is 1. The lowest BCUT2D eigenvalue weighted by atomic mass is 10.0. The fourth-order valence-corrected chi connectivity index (χ4v) is 1.08. The summed E-state index contributed by atoms with van der Waals surface area (Å²) >= 11 is 0. The predicted molar refractivity (Wildman–Crippen MR) is 53.5 cm³/mol. The van der Waals surface area contributed by atoms with E-state index in [-0.39, 0.29) is 17.9 Å². The normalized spacial score (nSPS) is 15.5. The molecule has 2 atom stereocenters. The highest BCUT2D eigenvalue weighted by molar-refractivity contribution is 5.75. The van der Waals surface area contributed by atoms with Gasteiger partial charge in [-0.25, -0.2) is 0 Å². The molecule has 1 unspecified atom stereocenters. The Balaban J connectivity index is 4.18. The molecule has 0 spiro atoms. The summed E-state index contributed by atoms with van der Waals surface area (Å²) in [5.41, 5.74) is 0. The van der Waals surface area contributed by atoms with Crippen molar-refractivity contribution < 1.29 is 9.53 Å². The third-order valence-corrected chi connectivity index (χ3v) is 2.20. The van der Waals surface area contributed by atoms with Crippen LogP contribution in [0.2, 0.25) is 0 Å². The maximum atomic E-state index is 11.3. The van der Waals surface area contributed by atoms with Gasteiger partial charge < -0.3 is 10.1 Å². The zero-order valence-electron chi connectivity index (χ0n) is 9.26. The first-order valence-electron chi connectivity index (χ1n) is 4.86. The highest BCUT2D eigenvalue weighted by atomic mass is 16.5. The van der Waals surface area contributed by atoms with Gasteiger partial charge in [0, 0.05) is 6.04 Å². The summed E-state index contributed by atoms with van der Waals surface area (Å²) in [5, 5.41) is 3.24. The first-order chi connectivity index (χ1) is 6.02. The summed E-state index contributed by atoms with van der Waals surface area (Å²) in [6.07, 6.45) is 1.01. The Morgan fingerprint density at radius 1 is 1.38 bits per heavy atom. The summed E-state index contributed by atoms with van der Waals surface area (Å²) in [6, 6.07) is 0.173. The number of rotatable bonds is 5. The van der Waals surface area contributed by atoms with Crippen molar-refractivity contribution in [1.29, 1.82) is 0 Å². The van der Waals surface area contributed by atoms with Crippen LogP contribution >= 0.6 is 0 Å². The Morgan fingerprint density at radius 3 is 2.23 bits per heavy atom. The van der Waals surface area contributed by atoms with Crippen molar-refractivity contribution in [2.75, 3.05) is 7.11 Å². The van der Waals surface area contributed by atoms with Gasteiger partial charge in [-0.15, -0.1) is 0 Å². The molecule has 3 heteroatoms. The first-order valence-corrected chi connectivity index (χ1v) is 4.86. The second-order valence-corrected chi connectivity index (χ2v) is 3.72. The van der Waals surface area contributed by atoms with Crippen LogP contribution in [0, 0.1) is 5.92 Å². The number of hydrogen-bond acceptors (Lipinski definition) is 3. The molecule has 0 amide bonds. The second-order valence-electron chi connectivity index (χ2n) is 3.72. The van der Waals surface area contributed by atoms with Gasteiger partial charge >= 0.3 is 5.97 Å². The van der Waals surface area contributed by atoms with Crippen molar-refractivity contribution in [3.05, 3.63) is 0 Å². The van der Waals surface area contributed by atoms with Crippen LogP contribution < -0.4 is 5.32 Å². The molecule has 13 heavy (non-hydrogen) atoms. The minimum absolute atomic E-state index is 0.171. The van der Waals surface area contributed by atoms with Gasteiger partial charge in [0.1, 0.15) is 6.04 Å². The van der Waals surface area contributed by atoms with Crippen LogP contribution in [0.3, 0.4) is 0 Å². The van der Waals surface area contributed by atoms with Gasteiger partial charge in [-0.3, -0.25) is 4.79 Å². The Bertz CT molecular complexity index is 157. The third-order valence-electron chi connectivity index (χ3n) is 2.20.